The number of carbonyl (C=O) groups is 1. The number of nitrogens with one attached hydrogen (secondary N) is 1. The van der Waals surface area contributed by atoms with Gasteiger partial charge in [0.25, 0.3) is 0 Å². The van der Waals surface area contributed by atoms with Gasteiger partial charge >= 0.3 is 0 Å². The van der Waals surface area contributed by atoms with Crippen molar-refractivity contribution in [3.05, 3.63) is 22.9 Å². The molecule has 0 saturated heterocycles. The van der Waals surface area contributed by atoms with Crippen LogP contribution < -0.4 is 11.1 Å². The fourth-order valence-electron chi connectivity index (χ4n) is 2.29. The van der Waals surface area contributed by atoms with Gasteiger partial charge in [0.15, 0.2) is 0 Å². The van der Waals surface area contributed by atoms with Gasteiger partial charge in [-0.25, -0.2) is 14.4 Å². The van der Waals surface area contributed by atoms with Gasteiger partial charge in [0, 0.05) is 18.7 Å². The van der Waals surface area contributed by atoms with E-state index in [1.165, 1.54) is 11.8 Å². The van der Waals surface area contributed by atoms with Crippen molar-refractivity contribution < 1.29 is 9.18 Å². The molecular formula is C13H14FN5OS. The van der Waals surface area contributed by atoms with Crippen molar-refractivity contribution >= 4 is 29.3 Å². The maximum absolute atomic E-state index is 12.1. The number of halogens is 1. The fourth-order valence-corrected chi connectivity index (χ4v) is 3.32. The lowest BCUT2D eigenvalue weighted by atomic mass is 10.1. The van der Waals surface area contributed by atoms with E-state index in [4.69, 9.17) is 5.73 Å². The first kappa shape index (κ1) is 14.0. The molecule has 2 aliphatic heterocycles. The molecule has 1 aromatic heterocycles. The number of nitrogen functional groups attached to an aromatic ring is 1. The van der Waals surface area contributed by atoms with Gasteiger partial charge in [-0.2, -0.15) is 0 Å². The van der Waals surface area contributed by atoms with Gasteiger partial charge < -0.3 is 11.1 Å². The highest BCUT2D eigenvalue weighted by Gasteiger charge is 2.25. The van der Waals surface area contributed by atoms with Gasteiger partial charge in [0.2, 0.25) is 11.9 Å². The van der Waals surface area contributed by atoms with Crippen molar-refractivity contribution in [3.8, 4) is 0 Å². The standard InChI is InChI=1S/C13H14FN5OS/c14-1-2-16-10(20)4-7-3-8-11-9(5-17-8)18-13(15)19-12(11)21-6-7/h3H,1-2,4-6H2,(H,16,20)(H2,15,18,19). The molecule has 0 unspecified atom stereocenters. The number of hydrogen-bond donors (Lipinski definition) is 2. The van der Waals surface area contributed by atoms with Crippen LogP contribution in [0, 0.1) is 0 Å². The highest BCUT2D eigenvalue weighted by molar-refractivity contribution is 7.99. The molecule has 110 valence electrons. The SMILES string of the molecule is Nc1nc2c3c(n1)SCC(CC(=O)NCCF)=CC3=NC2. The minimum absolute atomic E-state index is 0.0482. The number of hydrogen-bond acceptors (Lipinski definition) is 6. The minimum atomic E-state index is -0.560. The molecule has 2 aliphatic rings. The number of nitrogens with zero attached hydrogens (tertiary/aromatic N) is 3. The van der Waals surface area contributed by atoms with Gasteiger partial charge in [-0.3, -0.25) is 9.79 Å². The van der Waals surface area contributed by atoms with Crippen LogP contribution in [0.25, 0.3) is 0 Å². The Morgan fingerprint density at radius 1 is 1.48 bits per heavy atom. The lowest BCUT2D eigenvalue weighted by molar-refractivity contribution is -0.120. The van der Waals surface area contributed by atoms with Crippen LogP contribution in [0.1, 0.15) is 17.7 Å². The first-order chi connectivity index (χ1) is 10.2. The largest absolute Gasteiger partial charge is 0.368 e. The Morgan fingerprint density at radius 3 is 3.14 bits per heavy atom. The number of aromatic nitrogens is 2. The van der Waals surface area contributed by atoms with E-state index >= 15 is 0 Å². The molecule has 6 nitrogen and oxygen atoms in total. The molecule has 3 heterocycles. The summed E-state index contributed by atoms with van der Waals surface area (Å²) in [5.41, 5.74) is 9.19. The van der Waals surface area contributed by atoms with Crippen molar-refractivity contribution in [2.24, 2.45) is 4.99 Å². The first-order valence-corrected chi connectivity index (χ1v) is 7.52. The Balaban J connectivity index is 1.81. The monoisotopic (exact) mass is 307 g/mol. The highest BCUT2D eigenvalue weighted by Crippen LogP contribution is 2.33. The lowest BCUT2D eigenvalue weighted by Gasteiger charge is -2.06. The summed E-state index contributed by atoms with van der Waals surface area (Å²) in [7, 11) is 0. The van der Waals surface area contributed by atoms with Crippen LogP contribution in [0.15, 0.2) is 21.7 Å². The topological polar surface area (TPSA) is 93.3 Å². The van der Waals surface area contributed by atoms with E-state index in [1.807, 2.05) is 6.08 Å². The van der Waals surface area contributed by atoms with Crippen LogP contribution in [-0.2, 0) is 11.3 Å². The number of nitrogens with two attached hydrogens (primary N) is 1. The third-order valence-electron chi connectivity index (χ3n) is 3.16. The molecular weight excluding hydrogens is 293 g/mol. The van der Waals surface area contributed by atoms with E-state index in [-0.39, 0.29) is 24.8 Å². The smallest absolute Gasteiger partial charge is 0.224 e. The highest BCUT2D eigenvalue weighted by atomic mass is 32.2. The van der Waals surface area contributed by atoms with Crippen LogP contribution in [0.2, 0.25) is 0 Å². The Kier molecular flexibility index (Phi) is 3.87. The number of alkyl halides is 1. The fraction of sp³-hybridized carbons (Fsp3) is 0.385. The quantitative estimate of drug-likeness (QED) is 0.805. The molecule has 3 N–H and O–H groups in total. The summed E-state index contributed by atoms with van der Waals surface area (Å²) in [6.45, 7) is -0.0225. The third-order valence-corrected chi connectivity index (χ3v) is 4.25. The molecule has 0 bridgehead atoms. The summed E-state index contributed by atoms with van der Waals surface area (Å²) in [6.07, 6.45) is 2.14. The van der Waals surface area contributed by atoms with Gasteiger partial charge in [-0.15, -0.1) is 11.8 Å². The average Bonchev–Trinajstić information content (AvgIpc) is 2.76. The average molecular weight is 307 g/mol. The van der Waals surface area contributed by atoms with Crippen LogP contribution in [-0.4, -0.2) is 40.6 Å². The molecule has 0 aromatic carbocycles. The second-order valence-corrected chi connectivity index (χ2v) is 5.68. The van der Waals surface area contributed by atoms with E-state index in [9.17, 15) is 9.18 Å². The van der Waals surface area contributed by atoms with E-state index in [0.29, 0.717) is 12.3 Å². The summed E-state index contributed by atoms with van der Waals surface area (Å²) in [5, 5.41) is 3.33. The predicted molar refractivity (Wildman–Crippen MR) is 79.1 cm³/mol. The summed E-state index contributed by atoms with van der Waals surface area (Å²) < 4.78 is 12.1. The lowest BCUT2D eigenvalue weighted by Crippen LogP contribution is -2.25. The van der Waals surface area contributed by atoms with Crippen LogP contribution in [0.3, 0.4) is 0 Å². The van der Waals surface area contributed by atoms with Crippen LogP contribution in [0.4, 0.5) is 10.3 Å². The second kappa shape index (κ2) is 5.80. The summed E-state index contributed by atoms with van der Waals surface area (Å²) in [6, 6.07) is 0. The number of amides is 1. The number of aliphatic imine (C=N–C) groups is 1. The Morgan fingerprint density at radius 2 is 2.33 bits per heavy atom. The molecule has 0 radical (unpaired) electrons. The molecule has 3 rings (SSSR count). The van der Waals surface area contributed by atoms with Gasteiger partial charge in [-0.1, -0.05) is 0 Å². The normalized spacial score (nSPS) is 15.9. The Hall–Kier alpha value is -1.96. The molecule has 0 aliphatic carbocycles. The van der Waals surface area contributed by atoms with Gasteiger partial charge in [-0.05, 0) is 11.6 Å². The molecule has 1 amide bonds. The molecule has 21 heavy (non-hydrogen) atoms. The third kappa shape index (κ3) is 2.90. The Labute approximate surface area is 125 Å². The summed E-state index contributed by atoms with van der Waals surface area (Å²) in [5.74, 6) is 0.692. The van der Waals surface area contributed by atoms with Crippen LogP contribution >= 0.6 is 11.8 Å². The zero-order chi connectivity index (χ0) is 14.8. The summed E-state index contributed by atoms with van der Waals surface area (Å²) in [4.78, 5) is 24.6. The number of thioether (sulfide) groups is 1. The first-order valence-electron chi connectivity index (χ1n) is 6.53. The number of allylic oxidation sites excluding steroid dienone is 1. The molecule has 8 heteroatoms. The minimum Gasteiger partial charge on any atom is -0.368 e. The van der Waals surface area contributed by atoms with Gasteiger partial charge in [0.05, 0.1) is 23.5 Å². The van der Waals surface area contributed by atoms with Crippen LogP contribution in [0.5, 0.6) is 0 Å². The maximum atomic E-state index is 12.1. The van der Waals surface area contributed by atoms with E-state index in [1.54, 1.807) is 0 Å². The Bertz CT molecular complexity index is 658. The predicted octanol–water partition coefficient (Wildman–Crippen LogP) is 0.869. The van der Waals surface area contributed by atoms with E-state index < -0.39 is 6.67 Å². The zero-order valence-electron chi connectivity index (χ0n) is 11.2. The van der Waals surface area contributed by atoms with Crippen molar-refractivity contribution in [2.45, 2.75) is 18.0 Å². The number of anilines is 1. The second-order valence-electron chi connectivity index (χ2n) is 4.72. The molecule has 0 saturated carbocycles. The van der Waals surface area contributed by atoms with Crippen molar-refractivity contribution in [1.29, 1.82) is 0 Å². The number of carbonyl (C=O) groups excluding carboxylic acids is 1. The van der Waals surface area contributed by atoms with E-state index in [0.717, 1.165) is 27.6 Å². The van der Waals surface area contributed by atoms with Crippen molar-refractivity contribution in [2.75, 3.05) is 24.7 Å². The van der Waals surface area contributed by atoms with Crippen molar-refractivity contribution in [3.63, 3.8) is 0 Å². The van der Waals surface area contributed by atoms with Gasteiger partial charge in [0.1, 0.15) is 11.7 Å². The molecule has 0 fully saturated rings. The number of rotatable bonds is 4. The maximum Gasteiger partial charge on any atom is 0.224 e. The summed E-state index contributed by atoms with van der Waals surface area (Å²) >= 11 is 1.52. The van der Waals surface area contributed by atoms with Crippen molar-refractivity contribution in [1.82, 2.24) is 15.3 Å². The van der Waals surface area contributed by atoms with E-state index in [2.05, 4.69) is 20.3 Å². The molecule has 0 atom stereocenters. The zero-order valence-corrected chi connectivity index (χ0v) is 12.0. The molecule has 1 aromatic rings. The molecule has 0 spiro atoms.